The molecule has 28 heavy (non-hydrogen) atoms. The molecule has 0 aliphatic carbocycles. The van der Waals surface area contributed by atoms with Gasteiger partial charge in [-0.1, -0.05) is 53.9 Å². The molecule has 2 aromatic carbocycles. The number of rotatable bonds is 8. The molecule has 0 spiro atoms. The third-order valence-electron chi connectivity index (χ3n) is 4.37. The molecule has 2 rings (SSSR count). The van der Waals surface area contributed by atoms with Gasteiger partial charge < -0.3 is 15.0 Å². The third-order valence-corrected chi connectivity index (χ3v) is 4.96. The second kappa shape index (κ2) is 10.3. The molecule has 0 saturated carbocycles. The average molecular weight is 423 g/mol. The number of nitrogens with one attached hydrogen (secondary N) is 1. The Kier molecular flexibility index (Phi) is 8.15. The first kappa shape index (κ1) is 22.1. The van der Waals surface area contributed by atoms with Crippen LogP contribution < -0.4 is 10.1 Å². The SMILES string of the molecule is CCC(C(=O)NC)N(Cc1ccc(Cl)cc1Cl)C(=O)COc1ccc(C)cc1. The van der Waals surface area contributed by atoms with Crippen molar-refractivity contribution in [2.45, 2.75) is 32.9 Å². The molecule has 0 bridgehead atoms. The maximum absolute atomic E-state index is 12.9. The highest BCUT2D eigenvalue weighted by Crippen LogP contribution is 2.24. The Morgan fingerprint density at radius 2 is 1.82 bits per heavy atom. The summed E-state index contributed by atoms with van der Waals surface area (Å²) in [4.78, 5) is 26.8. The number of aryl methyl sites for hydroxylation is 1. The van der Waals surface area contributed by atoms with Gasteiger partial charge in [-0.05, 0) is 43.2 Å². The Morgan fingerprint density at radius 3 is 2.39 bits per heavy atom. The Bertz CT molecular complexity index is 825. The van der Waals surface area contributed by atoms with E-state index in [-0.39, 0.29) is 25.0 Å². The van der Waals surface area contributed by atoms with Gasteiger partial charge in [-0.15, -0.1) is 0 Å². The summed E-state index contributed by atoms with van der Waals surface area (Å²) < 4.78 is 5.62. The van der Waals surface area contributed by atoms with Gasteiger partial charge >= 0.3 is 0 Å². The number of amides is 2. The van der Waals surface area contributed by atoms with E-state index in [9.17, 15) is 9.59 Å². The number of likely N-dealkylation sites (N-methyl/N-ethyl adjacent to an activating group) is 1. The Labute approximate surface area is 175 Å². The molecule has 1 N–H and O–H groups in total. The highest BCUT2D eigenvalue weighted by atomic mass is 35.5. The lowest BCUT2D eigenvalue weighted by Gasteiger charge is -2.30. The first-order chi connectivity index (χ1) is 13.3. The van der Waals surface area contributed by atoms with Crippen LogP contribution in [0.2, 0.25) is 10.0 Å². The van der Waals surface area contributed by atoms with Crippen molar-refractivity contribution < 1.29 is 14.3 Å². The summed E-state index contributed by atoms with van der Waals surface area (Å²) in [6.45, 7) is 3.83. The van der Waals surface area contributed by atoms with Crippen molar-refractivity contribution >= 4 is 35.0 Å². The molecule has 0 aliphatic heterocycles. The van der Waals surface area contributed by atoms with Gasteiger partial charge in [0.15, 0.2) is 6.61 Å². The van der Waals surface area contributed by atoms with Crippen LogP contribution in [-0.4, -0.2) is 36.4 Å². The zero-order chi connectivity index (χ0) is 20.7. The lowest BCUT2D eigenvalue weighted by atomic mass is 10.1. The van der Waals surface area contributed by atoms with E-state index in [0.29, 0.717) is 27.8 Å². The zero-order valence-electron chi connectivity index (χ0n) is 16.2. The van der Waals surface area contributed by atoms with E-state index in [2.05, 4.69) is 5.32 Å². The minimum absolute atomic E-state index is 0.179. The largest absolute Gasteiger partial charge is 0.484 e. The van der Waals surface area contributed by atoms with Crippen LogP contribution in [0.15, 0.2) is 42.5 Å². The van der Waals surface area contributed by atoms with Crippen molar-refractivity contribution in [1.82, 2.24) is 10.2 Å². The molecule has 0 aromatic heterocycles. The Balaban J connectivity index is 2.21. The Morgan fingerprint density at radius 1 is 1.14 bits per heavy atom. The lowest BCUT2D eigenvalue weighted by molar-refractivity contribution is -0.142. The molecule has 1 atom stereocenters. The quantitative estimate of drug-likeness (QED) is 0.691. The van der Waals surface area contributed by atoms with Crippen LogP contribution in [0, 0.1) is 6.92 Å². The molecular weight excluding hydrogens is 399 g/mol. The van der Waals surface area contributed by atoms with Gasteiger partial charge in [-0.2, -0.15) is 0 Å². The number of benzene rings is 2. The lowest BCUT2D eigenvalue weighted by Crippen LogP contribution is -2.49. The summed E-state index contributed by atoms with van der Waals surface area (Å²) in [5.41, 5.74) is 1.81. The highest BCUT2D eigenvalue weighted by Gasteiger charge is 2.28. The minimum atomic E-state index is -0.633. The fraction of sp³-hybridized carbons (Fsp3) is 0.333. The summed E-state index contributed by atoms with van der Waals surface area (Å²) in [5.74, 6) is 0.0507. The van der Waals surface area contributed by atoms with Crippen LogP contribution in [0.4, 0.5) is 0 Å². The molecule has 0 radical (unpaired) electrons. The van der Waals surface area contributed by atoms with Crippen LogP contribution in [0.25, 0.3) is 0 Å². The average Bonchev–Trinajstić information content (AvgIpc) is 2.68. The predicted octanol–water partition coefficient (Wildman–Crippen LogP) is 4.23. The summed E-state index contributed by atoms with van der Waals surface area (Å²) in [6.07, 6.45) is 0.459. The van der Waals surface area contributed by atoms with Gasteiger partial charge in [0.2, 0.25) is 5.91 Å². The van der Waals surface area contributed by atoms with Crippen LogP contribution >= 0.6 is 23.2 Å². The smallest absolute Gasteiger partial charge is 0.261 e. The van der Waals surface area contributed by atoms with E-state index in [1.165, 1.54) is 4.90 Å². The van der Waals surface area contributed by atoms with Crippen molar-refractivity contribution in [3.8, 4) is 5.75 Å². The molecule has 0 aliphatic rings. The van der Waals surface area contributed by atoms with E-state index in [4.69, 9.17) is 27.9 Å². The van der Waals surface area contributed by atoms with E-state index in [1.807, 2.05) is 26.0 Å². The van der Waals surface area contributed by atoms with Crippen molar-refractivity contribution in [3.05, 3.63) is 63.6 Å². The molecule has 0 fully saturated rings. The van der Waals surface area contributed by atoms with E-state index < -0.39 is 6.04 Å². The van der Waals surface area contributed by atoms with Gasteiger partial charge in [-0.25, -0.2) is 0 Å². The van der Waals surface area contributed by atoms with Crippen LogP contribution in [-0.2, 0) is 16.1 Å². The topological polar surface area (TPSA) is 58.6 Å². The first-order valence-electron chi connectivity index (χ1n) is 9.00. The van der Waals surface area contributed by atoms with Gasteiger partial charge in [0, 0.05) is 23.6 Å². The van der Waals surface area contributed by atoms with Gasteiger partial charge in [0.05, 0.1) is 0 Å². The van der Waals surface area contributed by atoms with E-state index >= 15 is 0 Å². The second-order valence-corrected chi connectivity index (χ2v) is 7.24. The summed E-state index contributed by atoms with van der Waals surface area (Å²) in [6, 6.07) is 11.9. The predicted molar refractivity (Wildman–Crippen MR) is 112 cm³/mol. The molecule has 2 amide bonds. The fourth-order valence-electron chi connectivity index (χ4n) is 2.78. The fourth-order valence-corrected chi connectivity index (χ4v) is 3.25. The summed E-state index contributed by atoms with van der Waals surface area (Å²) >= 11 is 12.2. The molecule has 7 heteroatoms. The summed E-state index contributed by atoms with van der Waals surface area (Å²) in [5, 5.41) is 3.56. The maximum atomic E-state index is 12.9. The normalized spacial score (nSPS) is 11.6. The number of hydrogen-bond acceptors (Lipinski definition) is 3. The molecule has 0 heterocycles. The summed E-state index contributed by atoms with van der Waals surface area (Å²) in [7, 11) is 1.55. The van der Waals surface area contributed by atoms with Crippen molar-refractivity contribution in [2.75, 3.05) is 13.7 Å². The van der Waals surface area contributed by atoms with Gasteiger partial charge in [0.25, 0.3) is 5.91 Å². The minimum Gasteiger partial charge on any atom is -0.484 e. The molecule has 2 aromatic rings. The zero-order valence-corrected chi connectivity index (χ0v) is 17.7. The Hall–Kier alpha value is -2.24. The number of nitrogens with zero attached hydrogens (tertiary/aromatic N) is 1. The molecule has 0 saturated heterocycles. The molecule has 5 nitrogen and oxygen atoms in total. The number of carbonyl (C=O) groups is 2. The van der Waals surface area contributed by atoms with Crippen LogP contribution in [0.1, 0.15) is 24.5 Å². The number of halogens is 2. The van der Waals surface area contributed by atoms with Crippen molar-refractivity contribution in [3.63, 3.8) is 0 Å². The number of carbonyl (C=O) groups excluding carboxylic acids is 2. The van der Waals surface area contributed by atoms with Crippen LogP contribution in [0.5, 0.6) is 5.75 Å². The highest BCUT2D eigenvalue weighted by molar-refractivity contribution is 6.35. The van der Waals surface area contributed by atoms with Gasteiger partial charge in [-0.3, -0.25) is 9.59 Å². The van der Waals surface area contributed by atoms with Crippen molar-refractivity contribution in [1.29, 1.82) is 0 Å². The first-order valence-corrected chi connectivity index (χ1v) is 9.75. The van der Waals surface area contributed by atoms with E-state index in [0.717, 1.165) is 5.56 Å². The van der Waals surface area contributed by atoms with E-state index in [1.54, 1.807) is 37.4 Å². The monoisotopic (exact) mass is 422 g/mol. The number of hydrogen-bond donors (Lipinski definition) is 1. The second-order valence-electron chi connectivity index (χ2n) is 6.40. The third kappa shape index (κ3) is 5.88. The number of ether oxygens (including phenoxy) is 1. The van der Waals surface area contributed by atoms with Crippen molar-refractivity contribution in [2.24, 2.45) is 0 Å². The van der Waals surface area contributed by atoms with Crippen LogP contribution in [0.3, 0.4) is 0 Å². The maximum Gasteiger partial charge on any atom is 0.261 e. The molecule has 150 valence electrons. The molecular formula is C21H24Cl2N2O3. The van der Waals surface area contributed by atoms with Gasteiger partial charge in [0.1, 0.15) is 11.8 Å². The standard InChI is InChI=1S/C21H24Cl2N2O3/c1-4-19(21(27)24-3)25(12-15-7-8-16(22)11-18(15)23)20(26)13-28-17-9-5-14(2)6-10-17/h5-11,19H,4,12-13H2,1-3H3,(H,24,27). The molecule has 1 unspecified atom stereocenters.